The molecule has 0 saturated carbocycles. The third kappa shape index (κ3) is 5.40. The monoisotopic (exact) mass is 525 g/mol. The molecule has 1 aliphatic rings. The molecule has 0 bridgehead atoms. The van der Waals surface area contributed by atoms with Gasteiger partial charge in [0.2, 0.25) is 11.7 Å². The Morgan fingerprint density at radius 1 is 1.22 bits per heavy atom. The van der Waals surface area contributed by atoms with Crippen molar-refractivity contribution in [1.29, 1.82) is 0 Å². The molecule has 12 nitrogen and oxygen atoms in total. The summed E-state index contributed by atoms with van der Waals surface area (Å²) < 4.78 is 18.3. The molecule has 1 N–H and O–H groups in total. The topological polar surface area (TPSA) is 129 Å². The van der Waals surface area contributed by atoms with Gasteiger partial charge in [-0.15, -0.1) is 0 Å². The van der Waals surface area contributed by atoms with Gasteiger partial charge < -0.3 is 19.5 Å². The van der Waals surface area contributed by atoms with E-state index >= 15 is 0 Å². The number of ether oxygens (including phenoxy) is 3. The molecule has 0 atom stereocenters. The van der Waals surface area contributed by atoms with Crippen LogP contribution in [0, 0.1) is 10.1 Å². The van der Waals surface area contributed by atoms with Crippen LogP contribution in [0.5, 0.6) is 11.5 Å². The van der Waals surface area contributed by atoms with Gasteiger partial charge >= 0.3 is 5.69 Å². The largest absolute Gasteiger partial charge is 0.494 e. The molecule has 1 saturated heterocycles. The van der Waals surface area contributed by atoms with Crippen molar-refractivity contribution in [3.8, 4) is 22.8 Å². The fourth-order valence-corrected chi connectivity index (χ4v) is 4.23. The molecule has 4 aromatic rings. The molecule has 1 aromatic carbocycles. The lowest BCUT2D eigenvalue weighted by atomic mass is 10.2. The van der Waals surface area contributed by atoms with Crippen LogP contribution in [0.15, 0.2) is 48.9 Å². The minimum atomic E-state index is -0.498. The van der Waals surface area contributed by atoms with Gasteiger partial charge in [0.1, 0.15) is 12.4 Å². The smallest absolute Gasteiger partial charge is 0.313 e. The van der Waals surface area contributed by atoms with Crippen LogP contribution < -0.4 is 14.8 Å². The molecule has 5 rings (SSSR count). The van der Waals surface area contributed by atoms with Crippen LogP contribution in [0.25, 0.3) is 16.8 Å². The van der Waals surface area contributed by atoms with Crippen molar-refractivity contribution in [2.24, 2.45) is 0 Å². The van der Waals surface area contributed by atoms with E-state index in [-0.39, 0.29) is 17.4 Å². The minimum absolute atomic E-state index is 0.115. The van der Waals surface area contributed by atoms with Gasteiger partial charge in [-0.25, -0.2) is 14.5 Å². The number of methoxy groups -OCH3 is 1. The van der Waals surface area contributed by atoms with E-state index in [9.17, 15) is 10.1 Å². The van der Waals surface area contributed by atoms with E-state index in [1.54, 1.807) is 10.7 Å². The lowest BCUT2D eigenvalue weighted by Crippen LogP contribution is -2.38. The number of benzene rings is 1. The number of fused-ring (bicyclic) bond motifs is 1. The van der Waals surface area contributed by atoms with E-state index in [1.165, 1.54) is 25.4 Å². The minimum Gasteiger partial charge on any atom is -0.494 e. The van der Waals surface area contributed by atoms with Gasteiger partial charge in [-0.1, -0.05) is 17.7 Å². The summed E-state index contributed by atoms with van der Waals surface area (Å²) in [5, 5.41) is 19.5. The first-order chi connectivity index (χ1) is 18.0. The summed E-state index contributed by atoms with van der Waals surface area (Å²) in [6.45, 7) is 3.86. The predicted octanol–water partition coefficient (Wildman–Crippen LogP) is 3.82. The summed E-state index contributed by atoms with van der Waals surface area (Å²) in [5.74, 6) is 0.635. The molecule has 1 fully saturated rings. The number of hydrogen-bond donors (Lipinski definition) is 1. The van der Waals surface area contributed by atoms with Crippen molar-refractivity contribution < 1.29 is 19.1 Å². The normalized spacial score (nSPS) is 14.0. The SMILES string of the molecule is COc1cc(OCCN2CCOCC2)c([N+](=O)[O-])cc1Nc1ncc(Cl)c(-c2cnn3ccccc23)n1. The molecular formula is C24H24ClN7O5. The van der Waals surface area contributed by atoms with Gasteiger partial charge in [0.05, 0.1) is 59.6 Å². The summed E-state index contributed by atoms with van der Waals surface area (Å²) in [6, 6.07) is 8.49. The zero-order chi connectivity index (χ0) is 25.8. The van der Waals surface area contributed by atoms with Crippen molar-refractivity contribution in [3.63, 3.8) is 0 Å². The van der Waals surface area contributed by atoms with Crippen molar-refractivity contribution in [2.75, 3.05) is 51.9 Å². The summed E-state index contributed by atoms with van der Waals surface area (Å²) in [6.07, 6.45) is 4.95. The highest BCUT2D eigenvalue weighted by Gasteiger charge is 2.22. The maximum atomic E-state index is 11.8. The van der Waals surface area contributed by atoms with E-state index in [4.69, 9.17) is 25.8 Å². The maximum absolute atomic E-state index is 11.8. The van der Waals surface area contributed by atoms with E-state index in [0.29, 0.717) is 48.5 Å². The van der Waals surface area contributed by atoms with Crippen LogP contribution in [0.3, 0.4) is 0 Å². The van der Waals surface area contributed by atoms with Crippen LogP contribution in [0.4, 0.5) is 17.3 Å². The average Bonchev–Trinajstić information content (AvgIpc) is 3.34. The molecule has 192 valence electrons. The van der Waals surface area contributed by atoms with Crippen LogP contribution in [0.2, 0.25) is 5.02 Å². The van der Waals surface area contributed by atoms with Gasteiger partial charge in [0.25, 0.3) is 0 Å². The third-order valence-electron chi connectivity index (χ3n) is 5.92. The first-order valence-electron chi connectivity index (χ1n) is 11.5. The zero-order valence-electron chi connectivity index (χ0n) is 20.0. The number of morpholine rings is 1. The fraction of sp³-hybridized carbons (Fsp3) is 0.292. The van der Waals surface area contributed by atoms with Crippen molar-refractivity contribution in [2.45, 2.75) is 0 Å². The predicted molar refractivity (Wildman–Crippen MR) is 137 cm³/mol. The van der Waals surface area contributed by atoms with E-state index in [0.717, 1.165) is 24.2 Å². The zero-order valence-corrected chi connectivity index (χ0v) is 20.7. The highest BCUT2D eigenvalue weighted by molar-refractivity contribution is 6.33. The summed E-state index contributed by atoms with van der Waals surface area (Å²) >= 11 is 6.41. The molecule has 3 aromatic heterocycles. The van der Waals surface area contributed by atoms with Crippen molar-refractivity contribution >= 4 is 34.4 Å². The third-order valence-corrected chi connectivity index (χ3v) is 6.20. The number of nitrogens with zero attached hydrogens (tertiary/aromatic N) is 6. The first kappa shape index (κ1) is 24.7. The average molecular weight is 526 g/mol. The second-order valence-corrected chi connectivity index (χ2v) is 8.59. The highest BCUT2D eigenvalue weighted by Crippen LogP contribution is 2.39. The number of anilines is 2. The van der Waals surface area contributed by atoms with E-state index < -0.39 is 4.92 Å². The molecule has 37 heavy (non-hydrogen) atoms. The quantitative estimate of drug-likeness (QED) is 0.254. The van der Waals surface area contributed by atoms with Gasteiger partial charge in [-0.2, -0.15) is 5.10 Å². The Balaban J connectivity index is 1.40. The van der Waals surface area contributed by atoms with E-state index in [1.807, 2.05) is 24.4 Å². The first-order valence-corrected chi connectivity index (χ1v) is 11.9. The van der Waals surface area contributed by atoms with Gasteiger partial charge in [-0.3, -0.25) is 15.0 Å². The molecule has 4 heterocycles. The highest BCUT2D eigenvalue weighted by atomic mass is 35.5. The molecular weight excluding hydrogens is 502 g/mol. The number of pyridine rings is 1. The standard InChI is InChI=1S/C24H24ClN7O5/c1-35-21-13-22(37-11-8-30-6-9-36-10-7-30)20(32(33)34)12-18(21)28-24-26-15-17(25)23(29-24)16-14-27-31-5-3-2-4-19(16)31/h2-5,12-15H,6-11H2,1H3,(H,26,28,29). The Bertz CT molecular complexity index is 1420. The number of halogens is 1. The maximum Gasteiger partial charge on any atom is 0.313 e. The number of nitro groups is 1. The van der Waals surface area contributed by atoms with Crippen LogP contribution in [0.1, 0.15) is 0 Å². The molecule has 0 radical (unpaired) electrons. The van der Waals surface area contributed by atoms with Crippen LogP contribution in [-0.4, -0.2) is 76.0 Å². The molecule has 1 aliphatic heterocycles. The van der Waals surface area contributed by atoms with Gasteiger partial charge in [-0.05, 0) is 12.1 Å². The lowest BCUT2D eigenvalue weighted by Gasteiger charge is -2.26. The molecule has 13 heteroatoms. The Kier molecular flexibility index (Phi) is 7.30. The van der Waals surface area contributed by atoms with Gasteiger partial charge in [0, 0.05) is 43.5 Å². The summed E-state index contributed by atoms with van der Waals surface area (Å²) in [5.41, 5.74) is 2.11. The molecule has 0 unspecified atom stereocenters. The number of hydrogen-bond acceptors (Lipinski definition) is 10. The number of rotatable bonds is 9. The number of nitro benzene ring substituents is 1. The molecule has 0 spiro atoms. The second kappa shape index (κ2) is 10.9. The van der Waals surface area contributed by atoms with E-state index in [2.05, 4.69) is 25.3 Å². The second-order valence-electron chi connectivity index (χ2n) is 8.18. The summed E-state index contributed by atoms with van der Waals surface area (Å²) in [7, 11) is 1.47. The van der Waals surface area contributed by atoms with Crippen molar-refractivity contribution in [3.05, 3.63) is 64.1 Å². The Morgan fingerprint density at radius 3 is 2.84 bits per heavy atom. The van der Waals surface area contributed by atoms with Crippen LogP contribution in [-0.2, 0) is 4.74 Å². The number of nitrogens with one attached hydrogen (secondary N) is 1. The Morgan fingerprint density at radius 2 is 2.05 bits per heavy atom. The summed E-state index contributed by atoms with van der Waals surface area (Å²) in [4.78, 5) is 22.3. The van der Waals surface area contributed by atoms with Gasteiger partial charge in [0.15, 0.2) is 0 Å². The Hall–Kier alpha value is -4.00. The number of aromatic nitrogens is 4. The van der Waals surface area contributed by atoms with Crippen LogP contribution >= 0.6 is 11.6 Å². The molecule has 0 aliphatic carbocycles. The Labute approximate surface area is 216 Å². The van der Waals surface area contributed by atoms with Crippen molar-refractivity contribution in [1.82, 2.24) is 24.5 Å². The fourth-order valence-electron chi connectivity index (χ4n) is 4.04. The lowest BCUT2D eigenvalue weighted by molar-refractivity contribution is -0.385. The molecule has 0 amide bonds.